The second-order valence-electron chi connectivity index (χ2n) is 8.82. The van der Waals surface area contributed by atoms with E-state index >= 15 is 0 Å². The number of benzene rings is 3. The number of anilines is 1. The molecule has 0 bridgehead atoms. The van der Waals surface area contributed by atoms with Crippen molar-refractivity contribution in [3.05, 3.63) is 89.7 Å². The molecule has 35 heavy (non-hydrogen) atoms. The zero-order valence-corrected chi connectivity index (χ0v) is 21.3. The van der Waals surface area contributed by atoms with Crippen LogP contribution in [0.3, 0.4) is 0 Å². The lowest BCUT2D eigenvalue weighted by Gasteiger charge is -2.36. The Bertz CT molecular complexity index is 1020. The monoisotopic (exact) mass is 498 g/mol. The Morgan fingerprint density at radius 1 is 0.829 bits per heavy atom. The van der Waals surface area contributed by atoms with Gasteiger partial charge in [-0.05, 0) is 85.8 Å². The molecule has 1 heterocycles. The highest BCUT2D eigenvalue weighted by atomic mass is 35.5. The molecule has 0 amide bonds. The predicted molar refractivity (Wildman–Crippen MR) is 144 cm³/mol. The van der Waals surface area contributed by atoms with Gasteiger partial charge in [0.05, 0.1) is 13.7 Å². The molecule has 1 aliphatic rings. The fourth-order valence-corrected chi connectivity index (χ4v) is 4.46. The molecule has 0 atom stereocenters. The van der Waals surface area contributed by atoms with Crippen LogP contribution >= 0.6 is 12.4 Å². The van der Waals surface area contributed by atoms with Crippen LogP contribution in [0.4, 0.5) is 10.1 Å². The van der Waals surface area contributed by atoms with Crippen molar-refractivity contribution in [2.45, 2.75) is 25.7 Å². The van der Waals surface area contributed by atoms with Crippen molar-refractivity contribution in [1.82, 2.24) is 4.90 Å². The number of methoxy groups -OCH3 is 1. The lowest BCUT2D eigenvalue weighted by molar-refractivity contribution is 0.238. The summed E-state index contributed by atoms with van der Waals surface area (Å²) >= 11 is 0. The summed E-state index contributed by atoms with van der Waals surface area (Å²) in [5.74, 6) is 1.72. The van der Waals surface area contributed by atoms with Gasteiger partial charge >= 0.3 is 0 Å². The van der Waals surface area contributed by atoms with Crippen molar-refractivity contribution in [3.8, 4) is 11.5 Å². The Kier molecular flexibility index (Phi) is 10.7. The van der Waals surface area contributed by atoms with Crippen LogP contribution in [0.5, 0.6) is 11.5 Å². The molecule has 6 heteroatoms. The van der Waals surface area contributed by atoms with Crippen molar-refractivity contribution in [3.63, 3.8) is 0 Å². The van der Waals surface area contributed by atoms with Gasteiger partial charge in [-0.1, -0.05) is 30.3 Å². The predicted octanol–water partition coefficient (Wildman–Crippen LogP) is 6.02. The SMILES string of the molecule is COc1cccc(CCc2ccccc2OCCCCN2CCN(c3ccc(F)cc3)CC2)c1.Cl. The van der Waals surface area contributed by atoms with Crippen LogP contribution in [0, 0.1) is 5.82 Å². The summed E-state index contributed by atoms with van der Waals surface area (Å²) in [7, 11) is 1.70. The van der Waals surface area contributed by atoms with Crippen molar-refractivity contribution < 1.29 is 13.9 Å². The number of rotatable bonds is 11. The second kappa shape index (κ2) is 14.0. The first-order valence-electron chi connectivity index (χ1n) is 12.3. The summed E-state index contributed by atoms with van der Waals surface area (Å²) in [5, 5.41) is 0. The van der Waals surface area contributed by atoms with Gasteiger partial charge in [0.1, 0.15) is 17.3 Å². The van der Waals surface area contributed by atoms with Crippen LogP contribution in [0.25, 0.3) is 0 Å². The van der Waals surface area contributed by atoms with Gasteiger partial charge < -0.3 is 14.4 Å². The quantitative estimate of drug-likeness (QED) is 0.302. The number of halogens is 2. The Labute approximate surface area is 215 Å². The number of para-hydroxylation sites is 1. The van der Waals surface area contributed by atoms with Crippen LogP contribution in [0.1, 0.15) is 24.0 Å². The fraction of sp³-hybridized carbons (Fsp3) is 0.379. The van der Waals surface area contributed by atoms with E-state index in [4.69, 9.17) is 9.47 Å². The van der Waals surface area contributed by atoms with Crippen LogP contribution in [-0.4, -0.2) is 51.3 Å². The van der Waals surface area contributed by atoms with Crippen LogP contribution < -0.4 is 14.4 Å². The maximum Gasteiger partial charge on any atom is 0.123 e. The van der Waals surface area contributed by atoms with Crippen LogP contribution in [0.2, 0.25) is 0 Å². The number of hydrogen-bond acceptors (Lipinski definition) is 4. The average Bonchev–Trinajstić information content (AvgIpc) is 2.89. The van der Waals surface area contributed by atoms with Gasteiger partial charge in [-0.25, -0.2) is 4.39 Å². The maximum atomic E-state index is 13.1. The molecule has 0 saturated carbocycles. The smallest absolute Gasteiger partial charge is 0.123 e. The zero-order valence-electron chi connectivity index (χ0n) is 20.5. The third kappa shape index (κ3) is 8.15. The van der Waals surface area contributed by atoms with Crippen molar-refractivity contribution in [2.24, 2.45) is 0 Å². The summed E-state index contributed by atoms with van der Waals surface area (Å²) in [6.07, 6.45) is 4.08. The molecule has 3 aromatic carbocycles. The molecule has 4 rings (SSSR count). The van der Waals surface area contributed by atoms with Crippen molar-refractivity contribution in [2.75, 3.05) is 51.3 Å². The molecule has 0 aromatic heterocycles. The van der Waals surface area contributed by atoms with Gasteiger partial charge in [-0.2, -0.15) is 0 Å². The zero-order chi connectivity index (χ0) is 23.6. The number of ether oxygens (including phenoxy) is 2. The lowest BCUT2D eigenvalue weighted by Crippen LogP contribution is -2.46. The van der Waals surface area contributed by atoms with Crippen LogP contribution in [-0.2, 0) is 12.8 Å². The highest BCUT2D eigenvalue weighted by molar-refractivity contribution is 5.85. The van der Waals surface area contributed by atoms with E-state index in [2.05, 4.69) is 40.1 Å². The molecule has 0 aliphatic carbocycles. The molecule has 188 valence electrons. The lowest BCUT2D eigenvalue weighted by atomic mass is 10.0. The van der Waals surface area contributed by atoms with Gasteiger partial charge in [-0.3, -0.25) is 4.90 Å². The largest absolute Gasteiger partial charge is 0.497 e. The van der Waals surface area contributed by atoms with E-state index < -0.39 is 0 Å². The van der Waals surface area contributed by atoms with E-state index in [-0.39, 0.29) is 18.2 Å². The van der Waals surface area contributed by atoms with E-state index in [1.54, 1.807) is 19.2 Å². The molecule has 0 radical (unpaired) electrons. The summed E-state index contributed by atoms with van der Waals surface area (Å²) in [5.41, 5.74) is 3.63. The standard InChI is InChI=1S/C29H35FN2O2.ClH/c1-33-28-9-6-7-24(23-28)11-12-25-8-2-3-10-29(25)34-22-5-4-17-31-18-20-32(21-19-31)27-15-13-26(30)14-16-27;/h2-3,6-10,13-16,23H,4-5,11-12,17-22H2,1H3;1H. The summed E-state index contributed by atoms with van der Waals surface area (Å²) in [6, 6.07) is 23.5. The number of piperazine rings is 1. The van der Waals surface area contributed by atoms with Gasteiger partial charge in [-0.15, -0.1) is 12.4 Å². The highest BCUT2D eigenvalue weighted by Gasteiger charge is 2.16. The van der Waals surface area contributed by atoms with Crippen molar-refractivity contribution >= 4 is 18.1 Å². The van der Waals surface area contributed by atoms with E-state index in [1.807, 2.05) is 30.3 Å². The summed E-state index contributed by atoms with van der Waals surface area (Å²) in [6.45, 7) is 5.91. The van der Waals surface area contributed by atoms with E-state index in [0.29, 0.717) is 0 Å². The first-order chi connectivity index (χ1) is 16.7. The molecule has 1 fully saturated rings. The van der Waals surface area contributed by atoms with Gasteiger partial charge in [0, 0.05) is 31.9 Å². The summed E-state index contributed by atoms with van der Waals surface area (Å²) in [4.78, 5) is 4.85. The number of unbranched alkanes of at least 4 members (excludes halogenated alkanes) is 1. The average molecular weight is 499 g/mol. The molecule has 1 aliphatic heterocycles. The third-order valence-electron chi connectivity index (χ3n) is 6.48. The van der Waals surface area contributed by atoms with E-state index in [0.717, 1.165) is 82.2 Å². The van der Waals surface area contributed by atoms with Crippen LogP contribution in [0.15, 0.2) is 72.8 Å². The van der Waals surface area contributed by atoms with Gasteiger partial charge in [0.25, 0.3) is 0 Å². The van der Waals surface area contributed by atoms with E-state index in [9.17, 15) is 4.39 Å². The molecule has 0 spiro atoms. The number of aryl methyl sites for hydroxylation is 2. The Morgan fingerprint density at radius 3 is 2.37 bits per heavy atom. The summed E-state index contributed by atoms with van der Waals surface area (Å²) < 4.78 is 24.6. The first-order valence-corrected chi connectivity index (χ1v) is 12.3. The molecule has 4 nitrogen and oxygen atoms in total. The molecular formula is C29H36ClFN2O2. The van der Waals surface area contributed by atoms with Gasteiger partial charge in [0.15, 0.2) is 0 Å². The van der Waals surface area contributed by atoms with Crippen molar-refractivity contribution in [1.29, 1.82) is 0 Å². The highest BCUT2D eigenvalue weighted by Crippen LogP contribution is 2.22. The van der Waals surface area contributed by atoms with E-state index in [1.165, 1.54) is 11.1 Å². The minimum atomic E-state index is -0.177. The molecule has 1 saturated heterocycles. The number of nitrogens with zero attached hydrogens (tertiary/aromatic N) is 2. The minimum Gasteiger partial charge on any atom is -0.497 e. The maximum absolute atomic E-state index is 13.1. The second-order valence-corrected chi connectivity index (χ2v) is 8.82. The minimum absolute atomic E-state index is 0. The molecular weight excluding hydrogens is 463 g/mol. The first kappa shape index (κ1) is 26.8. The normalized spacial score (nSPS) is 13.8. The molecule has 0 N–H and O–H groups in total. The third-order valence-corrected chi connectivity index (χ3v) is 6.48. The topological polar surface area (TPSA) is 24.9 Å². The Balaban J connectivity index is 0.00000342. The Hall–Kier alpha value is -2.76. The fourth-order valence-electron chi connectivity index (χ4n) is 4.46. The molecule has 0 unspecified atom stereocenters. The molecule has 3 aromatic rings. The number of hydrogen-bond donors (Lipinski definition) is 0. The Morgan fingerprint density at radius 2 is 1.60 bits per heavy atom. The van der Waals surface area contributed by atoms with Gasteiger partial charge in [0.2, 0.25) is 0 Å².